The highest BCUT2D eigenvalue weighted by molar-refractivity contribution is 6.96. The summed E-state index contributed by atoms with van der Waals surface area (Å²) in [6.07, 6.45) is 0. The van der Waals surface area contributed by atoms with Crippen LogP contribution in [0.2, 0.25) is 0 Å². The Labute approximate surface area is 228 Å². The van der Waals surface area contributed by atoms with Gasteiger partial charge in [0, 0.05) is 17.1 Å². The fraction of sp³-hybridized carbons (Fsp3) is 0.167. The number of anilines is 3. The molecule has 5 aromatic carbocycles. The fourth-order valence-corrected chi connectivity index (χ4v) is 6.19. The largest absolute Gasteiger partial charge is 0.311 e. The Morgan fingerprint density at radius 1 is 0.421 bits per heavy atom. The zero-order valence-corrected chi connectivity index (χ0v) is 23.4. The van der Waals surface area contributed by atoms with Gasteiger partial charge in [0.2, 0.25) is 6.71 Å². The highest BCUT2D eigenvalue weighted by Gasteiger charge is 2.28. The standard InChI is InChI=1S/C36H36BN/c1-25-21-27(3)35(28(4)22-25)37(36-29(5)23-26(2)24-30(36)6)31-17-19-34(20-18-31)38(32-13-9-7-10-14-32)33-15-11-8-12-16-33/h7-24H,1-6H3. The van der Waals surface area contributed by atoms with E-state index in [9.17, 15) is 0 Å². The summed E-state index contributed by atoms with van der Waals surface area (Å²) >= 11 is 0. The summed E-state index contributed by atoms with van der Waals surface area (Å²) in [5.41, 5.74) is 15.7. The van der Waals surface area contributed by atoms with Gasteiger partial charge in [-0.2, -0.15) is 0 Å². The van der Waals surface area contributed by atoms with Gasteiger partial charge in [-0.25, -0.2) is 0 Å². The quantitative estimate of drug-likeness (QED) is 0.221. The van der Waals surface area contributed by atoms with E-state index >= 15 is 0 Å². The molecular formula is C36H36BN. The SMILES string of the molecule is Cc1cc(C)c(B(c2ccc(N(c3ccccc3)c3ccccc3)cc2)c2c(C)cc(C)cc2C)c(C)c1. The van der Waals surface area contributed by atoms with Crippen LogP contribution in [0.25, 0.3) is 0 Å². The Kier molecular flexibility index (Phi) is 7.25. The lowest BCUT2D eigenvalue weighted by Crippen LogP contribution is -2.55. The van der Waals surface area contributed by atoms with E-state index in [0.29, 0.717) is 0 Å². The van der Waals surface area contributed by atoms with Crippen LogP contribution in [0.5, 0.6) is 0 Å². The Morgan fingerprint density at radius 3 is 1.13 bits per heavy atom. The molecule has 0 atom stereocenters. The molecule has 0 bridgehead atoms. The summed E-state index contributed by atoms with van der Waals surface area (Å²) in [6, 6.07) is 39.7. The molecule has 0 spiro atoms. The van der Waals surface area contributed by atoms with E-state index in [1.807, 2.05) is 0 Å². The summed E-state index contributed by atoms with van der Waals surface area (Å²) < 4.78 is 0. The molecule has 0 saturated carbocycles. The van der Waals surface area contributed by atoms with Crippen LogP contribution < -0.4 is 21.3 Å². The van der Waals surface area contributed by atoms with E-state index < -0.39 is 0 Å². The molecule has 0 N–H and O–H groups in total. The van der Waals surface area contributed by atoms with Crippen molar-refractivity contribution in [3.05, 3.63) is 143 Å². The van der Waals surface area contributed by atoms with Crippen LogP contribution in [0, 0.1) is 41.5 Å². The van der Waals surface area contributed by atoms with Crippen molar-refractivity contribution in [3.63, 3.8) is 0 Å². The summed E-state index contributed by atoms with van der Waals surface area (Å²) in [5.74, 6) is 0. The molecule has 0 aliphatic carbocycles. The number of rotatable bonds is 6. The average molecular weight is 494 g/mol. The predicted octanol–water partition coefficient (Wildman–Crippen LogP) is 7.52. The first kappa shape index (κ1) is 25.6. The summed E-state index contributed by atoms with van der Waals surface area (Å²) in [6.45, 7) is 13.6. The van der Waals surface area contributed by atoms with E-state index in [2.05, 4.69) is 156 Å². The van der Waals surface area contributed by atoms with Crippen LogP contribution in [-0.2, 0) is 0 Å². The van der Waals surface area contributed by atoms with Crippen LogP contribution in [0.15, 0.2) is 109 Å². The zero-order valence-electron chi connectivity index (χ0n) is 23.4. The lowest BCUT2D eigenvalue weighted by atomic mass is 9.34. The van der Waals surface area contributed by atoms with E-state index in [1.54, 1.807) is 0 Å². The third-order valence-corrected chi connectivity index (χ3v) is 7.57. The molecule has 188 valence electrons. The van der Waals surface area contributed by atoms with Crippen LogP contribution in [0.4, 0.5) is 17.1 Å². The molecule has 0 fully saturated rings. The minimum absolute atomic E-state index is 0.173. The van der Waals surface area contributed by atoms with Gasteiger partial charge in [-0.05, 0) is 77.9 Å². The molecule has 5 rings (SSSR count). The first-order chi connectivity index (χ1) is 18.3. The van der Waals surface area contributed by atoms with Crippen LogP contribution in [-0.4, -0.2) is 6.71 Å². The topological polar surface area (TPSA) is 3.24 Å². The Morgan fingerprint density at radius 2 is 0.763 bits per heavy atom. The van der Waals surface area contributed by atoms with Crippen molar-refractivity contribution < 1.29 is 0 Å². The van der Waals surface area contributed by atoms with Crippen LogP contribution >= 0.6 is 0 Å². The molecule has 0 aliphatic rings. The summed E-state index contributed by atoms with van der Waals surface area (Å²) in [4.78, 5) is 2.32. The monoisotopic (exact) mass is 493 g/mol. The normalized spacial score (nSPS) is 10.9. The molecule has 1 nitrogen and oxygen atoms in total. The van der Waals surface area contributed by atoms with Gasteiger partial charge < -0.3 is 4.90 Å². The Bertz CT molecular complexity index is 1410. The molecule has 38 heavy (non-hydrogen) atoms. The lowest BCUT2D eigenvalue weighted by molar-refractivity contribution is 1.28. The number of nitrogens with zero attached hydrogens (tertiary/aromatic N) is 1. The average Bonchev–Trinajstić information content (AvgIpc) is 2.89. The van der Waals surface area contributed by atoms with Gasteiger partial charge in [-0.3, -0.25) is 0 Å². The smallest absolute Gasteiger partial charge is 0.242 e. The van der Waals surface area contributed by atoms with E-state index in [1.165, 1.54) is 49.8 Å². The molecular weight excluding hydrogens is 457 g/mol. The van der Waals surface area contributed by atoms with Crippen molar-refractivity contribution in [2.45, 2.75) is 41.5 Å². The minimum atomic E-state index is 0.173. The second kappa shape index (κ2) is 10.8. The van der Waals surface area contributed by atoms with Gasteiger partial charge in [0.05, 0.1) is 0 Å². The fourth-order valence-electron chi connectivity index (χ4n) is 6.19. The number of para-hydroxylation sites is 2. The molecule has 0 unspecified atom stereocenters. The maximum Gasteiger partial charge on any atom is 0.242 e. The van der Waals surface area contributed by atoms with Crippen molar-refractivity contribution in [2.75, 3.05) is 4.90 Å². The Hall–Kier alpha value is -4.04. The summed E-state index contributed by atoms with van der Waals surface area (Å²) in [5, 5.41) is 0. The first-order valence-corrected chi connectivity index (χ1v) is 13.5. The molecule has 2 heteroatoms. The molecule has 0 saturated heterocycles. The minimum Gasteiger partial charge on any atom is -0.311 e. The maximum absolute atomic E-state index is 2.33. The number of hydrogen-bond donors (Lipinski definition) is 0. The van der Waals surface area contributed by atoms with Crippen molar-refractivity contribution in [3.8, 4) is 0 Å². The van der Waals surface area contributed by atoms with Crippen molar-refractivity contribution in [1.29, 1.82) is 0 Å². The van der Waals surface area contributed by atoms with E-state index in [4.69, 9.17) is 0 Å². The maximum atomic E-state index is 2.33. The van der Waals surface area contributed by atoms with Crippen LogP contribution in [0.3, 0.4) is 0 Å². The second-order valence-electron chi connectivity index (χ2n) is 10.7. The third-order valence-electron chi connectivity index (χ3n) is 7.57. The van der Waals surface area contributed by atoms with Crippen molar-refractivity contribution in [2.24, 2.45) is 0 Å². The van der Waals surface area contributed by atoms with Crippen molar-refractivity contribution in [1.82, 2.24) is 0 Å². The van der Waals surface area contributed by atoms with Gasteiger partial charge in [-0.15, -0.1) is 0 Å². The van der Waals surface area contributed by atoms with Gasteiger partial charge in [0.25, 0.3) is 0 Å². The van der Waals surface area contributed by atoms with Crippen LogP contribution in [0.1, 0.15) is 33.4 Å². The molecule has 0 heterocycles. The lowest BCUT2D eigenvalue weighted by Gasteiger charge is -2.27. The summed E-state index contributed by atoms with van der Waals surface area (Å²) in [7, 11) is 0. The number of aryl methyl sites for hydroxylation is 6. The molecule has 0 aliphatic heterocycles. The first-order valence-electron chi connectivity index (χ1n) is 13.5. The second-order valence-corrected chi connectivity index (χ2v) is 10.7. The molecule has 0 amide bonds. The molecule has 0 aromatic heterocycles. The third kappa shape index (κ3) is 5.04. The van der Waals surface area contributed by atoms with Crippen molar-refractivity contribution >= 4 is 40.2 Å². The number of hydrogen-bond acceptors (Lipinski definition) is 1. The Balaban J connectivity index is 1.68. The van der Waals surface area contributed by atoms with Gasteiger partial charge >= 0.3 is 0 Å². The highest BCUT2D eigenvalue weighted by Crippen LogP contribution is 2.33. The highest BCUT2D eigenvalue weighted by atomic mass is 15.1. The number of benzene rings is 5. The predicted molar refractivity (Wildman–Crippen MR) is 167 cm³/mol. The van der Waals surface area contributed by atoms with E-state index in [-0.39, 0.29) is 6.71 Å². The van der Waals surface area contributed by atoms with E-state index in [0.717, 1.165) is 17.1 Å². The van der Waals surface area contributed by atoms with Gasteiger partial charge in [0.15, 0.2) is 0 Å². The zero-order chi connectivity index (χ0) is 26.8. The molecule has 5 aromatic rings. The van der Waals surface area contributed by atoms with Gasteiger partial charge in [-0.1, -0.05) is 123 Å². The molecule has 0 radical (unpaired) electrons. The van der Waals surface area contributed by atoms with Gasteiger partial charge in [0.1, 0.15) is 0 Å².